The van der Waals surface area contributed by atoms with Gasteiger partial charge in [0.1, 0.15) is 17.1 Å². The van der Waals surface area contributed by atoms with Gasteiger partial charge in [0.2, 0.25) is 0 Å². The van der Waals surface area contributed by atoms with Crippen LogP contribution in [0.5, 0.6) is 0 Å². The molecule has 0 amide bonds. The Bertz CT molecular complexity index is 904. The number of rotatable bonds is 2. The first-order chi connectivity index (χ1) is 13.8. The lowest BCUT2D eigenvalue weighted by atomic mass is 9.61. The van der Waals surface area contributed by atoms with Gasteiger partial charge in [0.05, 0.1) is 17.7 Å². The van der Waals surface area contributed by atoms with Crippen molar-refractivity contribution in [2.45, 2.75) is 102 Å². The second-order valence-electron chi connectivity index (χ2n) is 11.8. The lowest BCUT2D eigenvalue weighted by molar-refractivity contribution is -0.207. The van der Waals surface area contributed by atoms with Crippen LogP contribution in [-0.2, 0) is 14.0 Å². The number of Topliss-reactive ketones (excluding diaryl/α,β-unsaturated/α-hetero) is 1. The number of carbonyl (C=O) groups is 1. The van der Waals surface area contributed by atoms with Gasteiger partial charge in [0, 0.05) is 18.8 Å². The van der Waals surface area contributed by atoms with Crippen LogP contribution in [0.25, 0.3) is 0 Å². The summed E-state index contributed by atoms with van der Waals surface area (Å²) in [6.45, 7) is 15.3. The van der Waals surface area contributed by atoms with Gasteiger partial charge in [-0.15, -0.1) is 0 Å². The summed E-state index contributed by atoms with van der Waals surface area (Å²) in [5, 5.41) is 19.6. The Morgan fingerprint density at radius 3 is 2.37 bits per heavy atom. The maximum absolute atomic E-state index is 13.9. The number of ether oxygens (including phenoxy) is 1. The minimum absolute atomic E-state index is 0.0240. The Balaban J connectivity index is 1.88. The average Bonchev–Trinajstić information content (AvgIpc) is 3.12. The van der Waals surface area contributed by atoms with Crippen molar-refractivity contribution in [1.82, 2.24) is 0 Å². The molecule has 0 unspecified atom stereocenters. The first-order valence-electron chi connectivity index (χ1n) is 11.2. The molecule has 0 aromatic rings. The van der Waals surface area contributed by atoms with Crippen LogP contribution in [0, 0.1) is 39.9 Å². The van der Waals surface area contributed by atoms with Gasteiger partial charge < -0.3 is 9.16 Å². The van der Waals surface area contributed by atoms with E-state index >= 15 is 0 Å². The number of allylic oxidation sites excluding steroid dienone is 1. The molecule has 0 aromatic heterocycles. The predicted octanol–water partition coefficient (Wildman–Crippen LogP) is 5.05. The van der Waals surface area contributed by atoms with Crippen molar-refractivity contribution < 1.29 is 14.0 Å². The van der Waals surface area contributed by atoms with E-state index in [1.54, 1.807) is 0 Å². The van der Waals surface area contributed by atoms with E-state index < -0.39 is 31.0 Å². The Labute approximate surface area is 181 Å². The van der Waals surface area contributed by atoms with Crippen LogP contribution < -0.4 is 0 Å². The molecule has 5 nitrogen and oxygen atoms in total. The van der Waals surface area contributed by atoms with Crippen LogP contribution in [-0.4, -0.2) is 31.4 Å². The van der Waals surface area contributed by atoms with Crippen molar-refractivity contribution >= 4 is 14.1 Å². The highest BCUT2D eigenvalue weighted by atomic mass is 28.4. The van der Waals surface area contributed by atoms with Crippen molar-refractivity contribution in [2.75, 3.05) is 0 Å². The molecule has 0 aromatic carbocycles. The topological polar surface area (TPSA) is 83.1 Å². The molecule has 1 spiro atoms. The number of hydrogen-bond acceptors (Lipinski definition) is 5. The standard InChI is InChI=1S/C24H34N2O3Si/c1-15-8-19-23(10-16(15)2,29-30(6,7)21(3,4)5)20(27)18-9-17-11-22(13-25,14-26)12-24(17,19)28-18/h17-19H,8-12H2,1-7H3/t17-,18-,19-,23-,24+/m1/s1. The fourth-order valence-electron chi connectivity index (χ4n) is 6.30. The highest BCUT2D eigenvalue weighted by Gasteiger charge is 2.75. The monoisotopic (exact) mass is 426 g/mol. The molecule has 2 heterocycles. The summed E-state index contributed by atoms with van der Waals surface area (Å²) < 4.78 is 13.6. The van der Waals surface area contributed by atoms with Gasteiger partial charge in [-0.3, -0.25) is 4.79 Å². The van der Waals surface area contributed by atoms with Crippen molar-refractivity contribution in [1.29, 1.82) is 10.5 Å². The third-order valence-electron chi connectivity index (χ3n) is 9.02. The Kier molecular flexibility index (Phi) is 4.55. The molecular formula is C24H34N2O3Si. The number of carbonyl (C=O) groups excluding carboxylic acids is 1. The van der Waals surface area contributed by atoms with E-state index in [9.17, 15) is 15.3 Å². The molecular weight excluding hydrogens is 392 g/mol. The maximum Gasteiger partial charge on any atom is 0.193 e. The smallest absolute Gasteiger partial charge is 0.193 e. The molecule has 3 fully saturated rings. The van der Waals surface area contributed by atoms with E-state index in [4.69, 9.17) is 9.16 Å². The normalized spacial score (nSPS) is 39.9. The molecule has 2 saturated heterocycles. The highest BCUT2D eigenvalue weighted by Crippen LogP contribution is 2.67. The van der Waals surface area contributed by atoms with Crippen LogP contribution in [0.15, 0.2) is 11.1 Å². The van der Waals surface area contributed by atoms with E-state index in [1.807, 2.05) is 0 Å². The van der Waals surface area contributed by atoms with Gasteiger partial charge in [-0.2, -0.15) is 10.5 Å². The first-order valence-corrected chi connectivity index (χ1v) is 14.1. The summed E-state index contributed by atoms with van der Waals surface area (Å²) >= 11 is 0. The molecule has 4 rings (SSSR count). The van der Waals surface area contributed by atoms with Crippen molar-refractivity contribution in [2.24, 2.45) is 17.3 Å². The molecule has 4 aliphatic rings. The van der Waals surface area contributed by atoms with Gasteiger partial charge in [-0.25, -0.2) is 0 Å². The molecule has 2 bridgehead atoms. The van der Waals surface area contributed by atoms with Gasteiger partial charge >= 0.3 is 0 Å². The summed E-state index contributed by atoms with van der Waals surface area (Å²) in [5.41, 5.74) is -0.0178. The summed E-state index contributed by atoms with van der Waals surface area (Å²) in [4.78, 5) is 13.9. The van der Waals surface area contributed by atoms with Gasteiger partial charge in [-0.05, 0) is 57.2 Å². The zero-order valence-electron chi connectivity index (χ0n) is 19.4. The lowest BCUT2D eigenvalue weighted by Crippen LogP contribution is -2.68. The summed E-state index contributed by atoms with van der Waals surface area (Å²) in [6, 6.07) is 4.59. The van der Waals surface area contributed by atoms with Gasteiger partial charge in [0.25, 0.3) is 0 Å². The zero-order chi connectivity index (χ0) is 22.3. The molecule has 30 heavy (non-hydrogen) atoms. The number of nitrogens with zero attached hydrogens (tertiary/aromatic N) is 2. The Morgan fingerprint density at radius 1 is 1.17 bits per heavy atom. The predicted molar refractivity (Wildman–Crippen MR) is 116 cm³/mol. The van der Waals surface area contributed by atoms with Crippen LogP contribution >= 0.6 is 0 Å². The van der Waals surface area contributed by atoms with Crippen LogP contribution in [0.1, 0.15) is 66.7 Å². The average molecular weight is 427 g/mol. The van der Waals surface area contributed by atoms with E-state index in [0.29, 0.717) is 25.7 Å². The number of ketones is 1. The fraction of sp³-hybridized carbons (Fsp3) is 0.792. The fourth-order valence-corrected chi connectivity index (χ4v) is 7.83. The summed E-state index contributed by atoms with van der Waals surface area (Å²) in [7, 11) is -2.26. The van der Waals surface area contributed by atoms with Crippen molar-refractivity contribution in [3.8, 4) is 12.1 Å². The quantitative estimate of drug-likeness (QED) is 0.456. The van der Waals surface area contributed by atoms with E-state index in [2.05, 4.69) is 59.9 Å². The Morgan fingerprint density at radius 2 is 1.80 bits per heavy atom. The zero-order valence-corrected chi connectivity index (χ0v) is 20.4. The highest BCUT2D eigenvalue weighted by molar-refractivity contribution is 6.74. The summed E-state index contributed by atoms with van der Waals surface area (Å²) in [5.74, 6) is 0.0261. The second kappa shape index (κ2) is 6.28. The molecule has 162 valence electrons. The van der Waals surface area contributed by atoms with Crippen molar-refractivity contribution in [3.05, 3.63) is 11.1 Å². The number of fused-ring (bicyclic) bond motifs is 2. The van der Waals surface area contributed by atoms with E-state index in [-0.39, 0.29) is 22.7 Å². The number of hydrogen-bond donors (Lipinski definition) is 0. The first kappa shape index (κ1) is 21.7. The molecule has 0 N–H and O–H groups in total. The van der Waals surface area contributed by atoms with Crippen LogP contribution in [0.3, 0.4) is 0 Å². The Hall–Kier alpha value is -1.47. The van der Waals surface area contributed by atoms with E-state index in [1.165, 1.54) is 11.1 Å². The summed E-state index contributed by atoms with van der Waals surface area (Å²) in [6.07, 6.45) is 2.37. The minimum Gasteiger partial charge on any atom is -0.403 e. The largest absolute Gasteiger partial charge is 0.403 e. The van der Waals surface area contributed by atoms with Crippen LogP contribution in [0.2, 0.25) is 18.1 Å². The van der Waals surface area contributed by atoms with Gasteiger partial charge in [-0.1, -0.05) is 31.9 Å². The minimum atomic E-state index is -2.26. The van der Waals surface area contributed by atoms with E-state index in [0.717, 1.165) is 6.42 Å². The SMILES string of the molecule is CC1=C(C)C[C@]2(O[Si](C)(C)C(C)(C)C)C(=O)[C@H]3C[C@@H]4CC(C#N)(C#N)C[C@@]4(O3)[C@@H]2C1. The molecule has 5 atom stereocenters. The number of nitriles is 2. The molecule has 6 heteroatoms. The molecule has 0 radical (unpaired) electrons. The molecule has 2 aliphatic carbocycles. The van der Waals surface area contributed by atoms with Crippen molar-refractivity contribution in [3.63, 3.8) is 0 Å². The lowest BCUT2D eigenvalue weighted by Gasteiger charge is -2.57. The maximum atomic E-state index is 13.9. The van der Waals surface area contributed by atoms with Gasteiger partial charge in [0.15, 0.2) is 14.1 Å². The second-order valence-corrected chi connectivity index (χ2v) is 16.5. The third kappa shape index (κ3) is 2.67. The van der Waals surface area contributed by atoms with Crippen LogP contribution in [0.4, 0.5) is 0 Å². The third-order valence-corrected chi connectivity index (χ3v) is 13.5. The molecule has 2 aliphatic heterocycles. The molecule has 1 saturated carbocycles.